The normalized spacial score (nSPS) is 21.5. The van der Waals surface area contributed by atoms with E-state index in [1.165, 1.54) is 0 Å². The van der Waals surface area contributed by atoms with Crippen molar-refractivity contribution in [1.82, 2.24) is 16.0 Å². The molecule has 1 aromatic carbocycles. The first-order valence-corrected chi connectivity index (χ1v) is 16.5. The number of carbonyl (C=O) groups excluding carboxylic acids is 4. The fourth-order valence-electron chi connectivity index (χ4n) is 5.78. The van der Waals surface area contributed by atoms with E-state index in [2.05, 4.69) is 22.5 Å². The highest BCUT2D eigenvalue weighted by atomic mass is 16.6. The third kappa shape index (κ3) is 14.4. The first-order chi connectivity index (χ1) is 22.2. The average molecular weight is 646 g/mol. The van der Waals surface area contributed by atoms with E-state index in [9.17, 15) is 19.2 Å². The van der Waals surface area contributed by atoms with E-state index < -0.39 is 30.4 Å². The Morgan fingerprint density at radius 3 is 1.91 bits per heavy atom. The molecular formula is C34H51N3O9. The molecule has 0 bridgehead atoms. The van der Waals surface area contributed by atoms with Gasteiger partial charge in [-0.05, 0) is 95.1 Å². The molecule has 1 aromatic rings. The zero-order valence-electron chi connectivity index (χ0n) is 27.3. The maximum Gasteiger partial charge on any atom is 0.407 e. The van der Waals surface area contributed by atoms with E-state index in [0.717, 1.165) is 64.2 Å². The van der Waals surface area contributed by atoms with E-state index in [4.69, 9.17) is 23.7 Å². The SMILES string of the molecule is C=C(C)C(=O)OCC(COc1ccccc1)OC(=O)NC1CCC(CC2CCC(NC(=O)OCCOC(=O)NCCC)CC2)CC1. The summed E-state index contributed by atoms with van der Waals surface area (Å²) in [6, 6.07) is 9.28. The molecular weight excluding hydrogens is 594 g/mol. The van der Waals surface area contributed by atoms with Crippen molar-refractivity contribution in [2.45, 2.75) is 96.2 Å². The van der Waals surface area contributed by atoms with Crippen molar-refractivity contribution >= 4 is 24.2 Å². The number of nitrogens with one attached hydrogen (secondary N) is 3. The highest BCUT2D eigenvalue weighted by molar-refractivity contribution is 5.86. The molecule has 256 valence electrons. The molecule has 12 nitrogen and oxygen atoms in total. The highest BCUT2D eigenvalue weighted by Crippen LogP contribution is 2.35. The van der Waals surface area contributed by atoms with Crippen molar-refractivity contribution in [3.63, 3.8) is 0 Å². The van der Waals surface area contributed by atoms with Gasteiger partial charge in [0.1, 0.15) is 32.2 Å². The number of amides is 3. The second-order valence-corrected chi connectivity index (χ2v) is 12.2. The maximum atomic E-state index is 12.7. The monoisotopic (exact) mass is 645 g/mol. The number of benzene rings is 1. The Morgan fingerprint density at radius 1 is 0.783 bits per heavy atom. The summed E-state index contributed by atoms with van der Waals surface area (Å²) in [4.78, 5) is 48.2. The third-order valence-electron chi connectivity index (χ3n) is 8.27. The van der Waals surface area contributed by atoms with Crippen molar-refractivity contribution in [3.8, 4) is 5.75 Å². The van der Waals surface area contributed by atoms with Crippen LogP contribution in [0.1, 0.15) is 78.1 Å². The Kier molecular flexibility index (Phi) is 16.0. The Morgan fingerprint density at radius 2 is 1.35 bits per heavy atom. The summed E-state index contributed by atoms with van der Waals surface area (Å²) in [5.41, 5.74) is 0.266. The summed E-state index contributed by atoms with van der Waals surface area (Å²) in [5, 5.41) is 8.51. The van der Waals surface area contributed by atoms with Gasteiger partial charge in [-0.3, -0.25) is 0 Å². The van der Waals surface area contributed by atoms with Crippen LogP contribution in [0.4, 0.5) is 14.4 Å². The molecule has 0 aromatic heterocycles. The van der Waals surface area contributed by atoms with E-state index in [-0.39, 0.29) is 44.1 Å². The number of hydrogen-bond acceptors (Lipinski definition) is 9. The molecule has 2 fully saturated rings. The molecule has 0 heterocycles. The predicted molar refractivity (Wildman–Crippen MR) is 171 cm³/mol. The van der Waals surface area contributed by atoms with Crippen LogP contribution in [-0.4, -0.2) is 75.4 Å². The smallest absolute Gasteiger partial charge is 0.407 e. The van der Waals surface area contributed by atoms with E-state index in [1.54, 1.807) is 19.1 Å². The summed E-state index contributed by atoms with van der Waals surface area (Å²) in [6.07, 6.45) is 7.41. The van der Waals surface area contributed by atoms with Gasteiger partial charge < -0.3 is 39.6 Å². The molecule has 2 aliphatic rings. The number of rotatable bonds is 16. The molecule has 12 heteroatoms. The molecule has 1 atom stereocenters. The van der Waals surface area contributed by atoms with Gasteiger partial charge in [0, 0.05) is 24.2 Å². The fraction of sp³-hybridized carbons (Fsp3) is 0.647. The van der Waals surface area contributed by atoms with Crippen molar-refractivity contribution < 1.29 is 42.9 Å². The van der Waals surface area contributed by atoms with Gasteiger partial charge >= 0.3 is 24.2 Å². The molecule has 3 rings (SSSR count). The standard InChI is InChI=1S/C34H51N3O9/c1-4-18-35-32(39)42-19-20-43-33(40)36-27-14-10-25(11-15-27)21-26-12-16-28(17-13-26)37-34(41)46-30(23-45-31(38)24(2)3)22-44-29-8-6-5-7-9-29/h5-9,25-28,30H,2,4,10-23H2,1,3H3,(H,35,39)(H,36,40)(H,37,41). The molecule has 0 aliphatic heterocycles. The molecule has 0 saturated heterocycles. The molecule has 3 N–H and O–H groups in total. The summed E-state index contributed by atoms with van der Waals surface area (Å²) < 4.78 is 26.7. The lowest BCUT2D eigenvalue weighted by molar-refractivity contribution is -0.142. The number of hydrogen-bond donors (Lipinski definition) is 3. The molecule has 3 amide bonds. The Bertz CT molecular complexity index is 1100. The maximum absolute atomic E-state index is 12.7. The lowest BCUT2D eigenvalue weighted by Crippen LogP contribution is -2.42. The Labute approximate surface area is 272 Å². The summed E-state index contributed by atoms with van der Waals surface area (Å²) >= 11 is 0. The number of carbonyl (C=O) groups is 4. The summed E-state index contributed by atoms with van der Waals surface area (Å²) in [5.74, 6) is 1.30. The van der Waals surface area contributed by atoms with Gasteiger partial charge in [0.05, 0.1) is 0 Å². The lowest BCUT2D eigenvalue weighted by atomic mass is 9.76. The third-order valence-corrected chi connectivity index (χ3v) is 8.27. The van der Waals surface area contributed by atoms with E-state index >= 15 is 0 Å². The van der Waals surface area contributed by atoms with E-state index in [1.807, 2.05) is 25.1 Å². The second kappa shape index (κ2) is 20.2. The molecule has 1 unspecified atom stereocenters. The second-order valence-electron chi connectivity index (χ2n) is 12.2. The van der Waals surface area contributed by atoms with E-state index in [0.29, 0.717) is 24.1 Å². The zero-order chi connectivity index (χ0) is 33.1. The highest BCUT2D eigenvalue weighted by Gasteiger charge is 2.29. The topological polar surface area (TPSA) is 151 Å². The minimum absolute atomic E-state index is 0.0180. The average Bonchev–Trinajstić information content (AvgIpc) is 3.05. The van der Waals surface area contributed by atoms with Crippen LogP contribution in [0.5, 0.6) is 5.75 Å². The minimum Gasteiger partial charge on any atom is -0.490 e. The van der Waals surface area contributed by atoms with Crippen LogP contribution >= 0.6 is 0 Å². The van der Waals surface area contributed by atoms with Crippen molar-refractivity contribution in [2.75, 3.05) is 33.0 Å². The zero-order valence-corrected chi connectivity index (χ0v) is 27.3. The number of esters is 1. The van der Waals surface area contributed by atoms with Gasteiger partial charge in [-0.1, -0.05) is 31.7 Å². The largest absolute Gasteiger partial charge is 0.490 e. The quantitative estimate of drug-likeness (QED) is 0.0897. The first-order valence-electron chi connectivity index (χ1n) is 16.5. The van der Waals surface area contributed by atoms with Gasteiger partial charge in [0.15, 0.2) is 6.10 Å². The Hall–Kier alpha value is -3.96. The number of alkyl carbamates (subject to hydrolysis) is 3. The van der Waals surface area contributed by atoms with Gasteiger partial charge in [-0.2, -0.15) is 0 Å². The van der Waals surface area contributed by atoms with Crippen LogP contribution in [0.15, 0.2) is 42.5 Å². The fourth-order valence-corrected chi connectivity index (χ4v) is 5.78. The summed E-state index contributed by atoms with van der Waals surface area (Å²) in [7, 11) is 0. The van der Waals surface area contributed by atoms with Gasteiger partial charge in [-0.25, -0.2) is 19.2 Å². The van der Waals surface area contributed by atoms with Crippen molar-refractivity contribution in [1.29, 1.82) is 0 Å². The lowest BCUT2D eigenvalue weighted by Gasteiger charge is -2.34. The van der Waals surface area contributed by atoms with Crippen LogP contribution < -0.4 is 20.7 Å². The first kappa shape index (κ1) is 36.5. The molecule has 2 saturated carbocycles. The van der Waals surface area contributed by atoms with Crippen LogP contribution in [0.2, 0.25) is 0 Å². The van der Waals surface area contributed by atoms with Gasteiger partial charge in [0.2, 0.25) is 0 Å². The summed E-state index contributed by atoms with van der Waals surface area (Å²) in [6.45, 7) is 7.58. The van der Waals surface area contributed by atoms with Gasteiger partial charge in [0.25, 0.3) is 0 Å². The van der Waals surface area contributed by atoms with Crippen molar-refractivity contribution in [3.05, 3.63) is 42.5 Å². The molecule has 2 aliphatic carbocycles. The molecule has 0 radical (unpaired) electrons. The van der Waals surface area contributed by atoms with Crippen LogP contribution in [-0.2, 0) is 23.7 Å². The number of ether oxygens (including phenoxy) is 5. The van der Waals surface area contributed by atoms with Crippen LogP contribution in [0.25, 0.3) is 0 Å². The number of para-hydroxylation sites is 1. The van der Waals surface area contributed by atoms with Crippen molar-refractivity contribution in [2.24, 2.45) is 11.8 Å². The molecule has 46 heavy (non-hydrogen) atoms. The van der Waals surface area contributed by atoms with Crippen LogP contribution in [0.3, 0.4) is 0 Å². The minimum atomic E-state index is -0.774. The predicted octanol–water partition coefficient (Wildman–Crippen LogP) is 5.65. The van der Waals surface area contributed by atoms with Gasteiger partial charge in [-0.15, -0.1) is 0 Å². The molecule has 0 spiro atoms. The Balaban J connectivity index is 1.29. The van der Waals surface area contributed by atoms with Crippen LogP contribution in [0, 0.1) is 11.8 Å².